The van der Waals surface area contributed by atoms with Crippen molar-refractivity contribution in [3.63, 3.8) is 0 Å². The van der Waals surface area contributed by atoms with Gasteiger partial charge in [-0.2, -0.15) is 0 Å². The van der Waals surface area contributed by atoms with E-state index >= 15 is 0 Å². The van der Waals surface area contributed by atoms with Crippen LogP contribution in [-0.2, 0) is 0 Å². The molecule has 0 heteroatoms. The summed E-state index contributed by atoms with van der Waals surface area (Å²) in [5.74, 6) is 3.03. The first-order valence-corrected chi connectivity index (χ1v) is 11.3. The molecule has 152 valence electrons. The van der Waals surface area contributed by atoms with Gasteiger partial charge < -0.3 is 0 Å². The van der Waals surface area contributed by atoms with Crippen molar-refractivity contribution in [3.8, 4) is 0 Å². The molecular formula is C29H36. The lowest BCUT2D eigenvalue weighted by atomic mass is 9.74. The highest BCUT2D eigenvalue weighted by Crippen LogP contribution is 2.37. The first-order valence-electron chi connectivity index (χ1n) is 11.3. The van der Waals surface area contributed by atoms with Crippen LogP contribution in [0.1, 0.15) is 57.1 Å². The van der Waals surface area contributed by atoms with Crippen molar-refractivity contribution in [2.24, 2.45) is 23.7 Å². The van der Waals surface area contributed by atoms with Crippen molar-refractivity contribution in [2.45, 2.75) is 46.0 Å². The first-order chi connectivity index (χ1) is 14.2. The molecule has 2 aromatic carbocycles. The van der Waals surface area contributed by atoms with Crippen molar-refractivity contribution < 1.29 is 0 Å². The Bertz CT molecular complexity index is 781. The molecule has 4 unspecified atom stereocenters. The molecule has 29 heavy (non-hydrogen) atoms. The van der Waals surface area contributed by atoms with E-state index in [0.29, 0.717) is 0 Å². The van der Waals surface area contributed by atoms with Crippen LogP contribution in [-0.4, -0.2) is 0 Å². The molecular weight excluding hydrogens is 348 g/mol. The summed E-state index contributed by atoms with van der Waals surface area (Å²) in [4.78, 5) is 0. The highest BCUT2D eigenvalue weighted by Gasteiger charge is 2.27. The topological polar surface area (TPSA) is 0 Å². The Balaban J connectivity index is 1.57. The predicted molar refractivity (Wildman–Crippen MR) is 128 cm³/mol. The van der Waals surface area contributed by atoms with E-state index in [2.05, 4.69) is 111 Å². The molecule has 0 saturated heterocycles. The van der Waals surface area contributed by atoms with Crippen molar-refractivity contribution in [2.75, 3.05) is 0 Å². The van der Waals surface area contributed by atoms with Crippen LogP contribution in [0.3, 0.4) is 0 Å². The molecule has 2 aromatic rings. The van der Waals surface area contributed by atoms with Gasteiger partial charge in [0.1, 0.15) is 0 Å². The lowest BCUT2D eigenvalue weighted by molar-refractivity contribution is 0.215. The average Bonchev–Trinajstić information content (AvgIpc) is 2.91. The average molecular weight is 385 g/mol. The Morgan fingerprint density at radius 1 is 0.828 bits per heavy atom. The molecule has 0 aromatic heterocycles. The van der Waals surface area contributed by atoms with E-state index in [-0.39, 0.29) is 0 Å². The molecule has 0 N–H and O–H groups in total. The Hall–Kier alpha value is -2.34. The van der Waals surface area contributed by atoms with Crippen LogP contribution >= 0.6 is 0 Å². The quantitative estimate of drug-likeness (QED) is 0.400. The van der Waals surface area contributed by atoms with Crippen LogP contribution in [0.4, 0.5) is 0 Å². The molecule has 1 aliphatic carbocycles. The van der Waals surface area contributed by atoms with E-state index in [9.17, 15) is 0 Å². The second kappa shape index (κ2) is 11.6. The maximum atomic E-state index is 2.45. The summed E-state index contributed by atoms with van der Waals surface area (Å²) in [6, 6.07) is 21.3. The van der Waals surface area contributed by atoms with Crippen molar-refractivity contribution >= 4 is 12.2 Å². The summed E-state index contributed by atoms with van der Waals surface area (Å²) in [5, 5.41) is 0. The van der Waals surface area contributed by atoms with E-state index in [0.717, 1.165) is 30.1 Å². The van der Waals surface area contributed by atoms with Gasteiger partial charge in [0.15, 0.2) is 0 Å². The van der Waals surface area contributed by atoms with Gasteiger partial charge >= 0.3 is 0 Å². The Morgan fingerprint density at radius 3 is 2.07 bits per heavy atom. The minimum atomic E-state index is 0.722. The van der Waals surface area contributed by atoms with Crippen molar-refractivity contribution in [3.05, 3.63) is 96.1 Å². The second-order valence-corrected chi connectivity index (χ2v) is 8.78. The maximum Gasteiger partial charge on any atom is -0.0260 e. The SMILES string of the molecule is CC(C/C=C\c1ccccc1)CC1CC=CCC(C)C1C/C=C\c1ccccc1. The minimum absolute atomic E-state index is 0.722. The van der Waals surface area contributed by atoms with E-state index in [1.807, 2.05) is 0 Å². The summed E-state index contributed by atoms with van der Waals surface area (Å²) >= 11 is 0. The first kappa shape index (κ1) is 21.4. The van der Waals surface area contributed by atoms with E-state index in [1.54, 1.807) is 0 Å². The number of hydrogen-bond donors (Lipinski definition) is 0. The van der Waals surface area contributed by atoms with Gasteiger partial charge in [-0.3, -0.25) is 0 Å². The largest absolute Gasteiger partial charge is 0.0883 e. The van der Waals surface area contributed by atoms with Gasteiger partial charge in [-0.25, -0.2) is 0 Å². The molecule has 0 amide bonds. The van der Waals surface area contributed by atoms with Crippen molar-refractivity contribution in [1.82, 2.24) is 0 Å². The van der Waals surface area contributed by atoms with E-state index in [4.69, 9.17) is 0 Å². The summed E-state index contributed by atoms with van der Waals surface area (Å²) in [6.07, 6.45) is 20.3. The smallest absolute Gasteiger partial charge is 0.0260 e. The van der Waals surface area contributed by atoms with E-state index < -0.39 is 0 Å². The Morgan fingerprint density at radius 2 is 1.41 bits per heavy atom. The number of hydrogen-bond acceptors (Lipinski definition) is 0. The van der Waals surface area contributed by atoms with E-state index in [1.165, 1.54) is 36.8 Å². The molecule has 1 aliphatic rings. The molecule has 0 heterocycles. The van der Waals surface area contributed by atoms with Crippen LogP contribution in [0.2, 0.25) is 0 Å². The molecule has 0 spiro atoms. The normalized spacial score (nSPS) is 23.4. The van der Waals surface area contributed by atoms with Gasteiger partial charge in [0, 0.05) is 0 Å². The van der Waals surface area contributed by atoms with Gasteiger partial charge in [-0.1, -0.05) is 111 Å². The molecule has 4 atom stereocenters. The minimum Gasteiger partial charge on any atom is -0.0883 e. The summed E-state index contributed by atoms with van der Waals surface area (Å²) in [5.41, 5.74) is 2.61. The van der Waals surface area contributed by atoms with Gasteiger partial charge in [-0.15, -0.1) is 0 Å². The van der Waals surface area contributed by atoms with Crippen LogP contribution in [0.15, 0.2) is 85.0 Å². The number of benzene rings is 2. The second-order valence-electron chi connectivity index (χ2n) is 8.78. The molecule has 0 nitrogen and oxygen atoms in total. The summed E-state index contributed by atoms with van der Waals surface area (Å²) < 4.78 is 0. The molecule has 0 fully saturated rings. The number of rotatable bonds is 8. The fourth-order valence-electron chi connectivity index (χ4n) is 4.63. The monoisotopic (exact) mass is 384 g/mol. The fraction of sp³-hybridized carbons (Fsp3) is 0.379. The Kier molecular flexibility index (Phi) is 8.56. The predicted octanol–water partition coefficient (Wildman–Crippen LogP) is 8.44. The van der Waals surface area contributed by atoms with Gasteiger partial charge in [-0.05, 0) is 66.9 Å². The molecule has 3 rings (SSSR count). The van der Waals surface area contributed by atoms with Crippen LogP contribution in [0.5, 0.6) is 0 Å². The molecule has 0 radical (unpaired) electrons. The van der Waals surface area contributed by atoms with Gasteiger partial charge in [0.05, 0.1) is 0 Å². The van der Waals surface area contributed by atoms with Crippen LogP contribution in [0.25, 0.3) is 12.2 Å². The summed E-state index contributed by atoms with van der Waals surface area (Å²) in [6.45, 7) is 4.87. The van der Waals surface area contributed by atoms with Crippen LogP contribution < -0.4 is 0 Å². The summed E-state index contributed by atoms with van der Waals surface area (Å²) in [7, 11) is 0. The van der Waals surface area contributed by atoms with Crippen LogP contribution in [0, 0.1) is 23.7 Å². The third-order valence-corrected chi connectivity index (χ3v) is 6.32. The standard InChI is InChI=1S/C29H36/c1-24(13-11-19-26-15-5-3-6-16-26)23-28-21-10-9-14-25(2)29(28)22-12-20-27-17-7-4-8-18-27/h3-12,15-20,24-25,28-29H,13-14,21-23H2,1-2H3/b19-11-,20-12-. The highest BCUT2D eigenvalue weighted by molar-refractivity contribution is 5.49. The zero-order chi connectivity index (χ0) is 20.3. The maximum absolute atomic E-state index is 2.45. The molecule has 0 bridgehead atoms. The zero-order valence-corrected chi connectivity index (χ0v) is 18.1. The number of allylic oxidation sites excluding steroid dienone is 4. The Labute approximate surface area is 178 Å². The van der Waals surface area contributed by atoms with Gasteiger partial charge in [0.2, 0.25) is 0 Å². The third-order valence-electron chi connectivity index (χ3n) is 6.32. The highest BCUT2D eigenvalue weighted by atomic mass is 14.3. The lowest BCUT2D eigenvalue weighted by Gasteiger charge is -2.30. The lowest BCUT2D eigenvalue weighted by Crippen LogP contribution is -2.22. The molecule has 0 aliphatic heterocycles. The van der Waals surface area contributed by atoms with Crippen molar-refractivity contribution in [1.29, 1.82) is 0 Å². The van der Waals surface area contributed by atoms with Gasteiger partial charge in [0.25, 0.3) is 0 Å². The fourth-order valence-corrected chi connectivity index (χ4v) is 4.63. The zero-order valence-electron chi connectivity index (χ0n) is 18.1. The third kappa shape index (κ3) is 7.20. The molecule has 0 saturated carbocycles.